The molecule has 0 unspecified atom stereocenters. The monoisotopic (exact) mass is 402 g/mol. The van der Waals surface area contributed by atoms with Crippen LogP contribution in [-0.2, 0) is 4.79 Å². The van der Waals surface area contributed by atoms with Crippen LogP contribution in [0.1, 0.15) is 28.3 Å². The summed E-state index contributed by atoms with van der Waals surface area (Å²) in [6.45, 7) is 1.81. The Morgan fingerprint density at radius 3 is 2.30 bits per heavy atom. The number of para-hydroxylation sites is 1. The maximum Gasteiger partial charge on any atom is 0.349 e. The average molecular weight is 402 g/mol. The molecular formula is C24H22N2O4. The number of amides is 2. The Hall–Kier alpha value is -3.41. The largest absolute Gasteiger partial charge is 0.422 e. The molecule has 2 atom stereocenters. The fourth-order valence-electron chi connectivity index (χ4n) is 4.28. The number of benzene rings is 2. The van der Waals surface area contributed by atoms with Gasteiger partial charge in [-0.3, -0.25) is 9.59 Å². The lowest BCUT2D eigenvalue weighted by Gasteiger charge is -2.34. The molecule has 2 aliphatic rings. The number of carbonyl (C=O) groups is 2. The summed E-state index contributed by atoms with van der Waals surface area (Å²) in [7, 11) is 0. The van der Waals surface area contributed by atoms with E-state index in [-0.39, 0.29) is 23.3 Å². The molecule has 0 bridgehead atoms. The summed E-state index contributed by atoms with van der Waals surface area (Å²) < 4.78 is 5.29. The van der Waals surface area contributed by atoms with Crippen molar-refractivity contribution in [1.82, 2.24) is 9.80 Å². The van der Waals surface area contributed by atoms with E-state index in [9.17, 15) is 14.4 Å². The third kappa shape index (κ3) is 3.38. The van der Waals surface area contributed by atoms with Gasteiger partial charge in [-0.15, -0.1) is 0 Å². The van der Waals surface area contributed by atoms with Gasteiger partial charge in [-0.25, -0.2) is 4.79 Å². The smallest absolute Gasteiger partial charge is 0.349 e. The van der Waals surface area contributed by atoms with E-state index in [1.165, 1.54) is 5.56 Å². The molecule has 1 saturated heterocycles. The van der Waals surface area contributed by atoms with Gasteiger partial charge in [-0.1, -0.05) is 48.5 Å². The van der Waals surface area contributed by atoms with Crippen molar-refractivity contribution >= 4 is 22.8 Å². The van der Waals surface area contributed by atoms with Crippen LogP contribution in [0, 0.1) is 5.92 Å². The van der Waals surface area contributed by atoms with E-state index in [4.69, 9.17) is 4.42 Å². The number of piperazine rings is 1. The highest BCUT2D eigenvalue weighted by Gasteiger charge is 2.46. The van der Waals surface area contributed by atoms with Crippen molar-refractivity contribution < 1.29 is 14.0 Å². The van der Waals surface area contributed by atoms with Crippen molar-refractivity contribution in [2.45, 2.75) is 12.3 Å². The molecule has 2 heterocycles. The van der Waals surface area contributed by atoms with Crippen molar-refractivity contribution in [1.29, 1.82) is 0 Å². The Morgan fingerprint density at radius 2 is 1.53 bits per heavy atom. The van der Waals surface area contributed by atoms with Crippen molar-refractivity contribution in [3.8, 4) is 0 Å². The Kier molecular flexibility index (Phi) is 4.62. The minimum absolute atomic E-state index is 0.0415. The Morgan fingerprint density at radius 1 is 0.867 bits per heavy atom. The number of fused-ring (bicyclic) bond motifs is 1. The van der Waals surface area contributed by atoms with Gasteiger partial charge in [0.05, 0.1) is 0 Å². The molecule has 152 valence electrons. The molecule has 0 radical (unpaired) electrons. The summed E-state index contributed by atoms with van der Waals surface area (Å²) in [5.41, 5.74) is 1.10. The number of hydrogen-bond donors (Lipinski definition) is 0. The van der Waals surface area contributed by atoms with Gasteiger partial charge in [0.15, 0.2) is 0 Å². The molecule has 2 amide bonds. The number of carbonyl (C=O) groups excluding carboxylic acids is 2. The highest BCUT2D eigenvalue weighted by atomic mass is 16.4. The lowest BCUT2D eigenvalue weighted by Crippen LogP contribution is -2.51. The molecule has 3 aromatic rings. The second-order valence-electron chi connectivity index (χ2n) is 7.96. The molecule has 0 N–H and O–H groups in total. The summed E-state index contributed by atoms with van der Waals surface area (Å²) in [6, 6.07) is 18.9. The van der Waals surface area contributed by atoms with E-state index in [1.807, 2.05) is 35.2 Å². The summed E-state index contributed by atoms with van der Waals surface area (Å²) >= 11 is 0. The van der Waals surface area contributed by atoms with Crippen LogP contribution in [0.3, 0.4) is 0 Å². The second-order valence-corrected chi connectivity index (χ2v) is 7.96. The van der Waals surface area contributed by atoms with Crippen LogP contribution >= 0.6 is 0 Å². The first kappa shape index (κ1) is 18.6. The molecule has 5 rings (SSSR count). The third-order valence-electron chi connectivity index (χ3n) is 6.09. The number of nitrogens with zero attached hydrogens (tertiary/aromatic N) is 2. The standard InChI is InChI=1S/C24H22N2O4/c27-22(19-15-18(19)16-6-2-1-3-7-16)25-10-12-26(13-11-25)23(28)20-14-17-8-4-5-9-21(17)30-24(20)29/h1-9,14,18-19H,10-13,15H2/t18-,19+/m1/s1. The molecular weight excluding hydrogens is 380 g/mol. The van der Waals surface area contributed by atoms with Gasteiger partial charge in [-0.2, -0.15) is 0 Å². The predicted molar refractivity (Wildman–Crippen MR) is 112 cm³/mol. The van der Waals surface area contributed by atoms with Crippen LogP contribution in [0.4, 0.5) is 0 Å². The van der Waals surface area contributed by atoms with Crippen LogP contribution in [0.25, 0.3) is 11.0 Å². The van der Waals surface area contributed by atoms with Gasteiger partial charge in [0.1, 0.15) is 11.1 Å². The first-order valence-electron chi connectivity index (χ1n) is 10.3. The zero-order chi connectivity index (χ0) is 20.7. The van der Waals surface area contributed by atoms with E-state index in [0.29, 0.717) is 37.7 Å². The van der Waals surface area contributed by atoms with Gasteiger partial charge in [0.2, 0.25) is 5.91 Å². The molecule has 1 aromatic heterocycles. The molecule has 2 fully saturated rings. The van der Waals surface area contributed by atoms with E-state index in [1.54, 1.807) is 23.1 Å². The van der Waals surface area contributed by atoms with Crippen molar-refractivity contribution in [2.24, 2.45) is 5.92 Å². The Balaban J connectivity index is 1.23. The lowest BCUT2D eigenvalue weighted by atomic mass is 10.1. The average Bonchev–Trinajstić information content (AvgIpc) is 3.59. The van der Waals surface area contributed by atoms with Gasteiger partial charge in [-0.05, 0) is 30.0 Å². The molecule has 1 saturated carbocycles. The van der Waals surface area contributed by atoms with Crippen molar-refractivity contribution in [3.05, 3.63) is 82.2 Å². The van der Waals surface area contributed by atoms with Crippen molar-refractivity contribution in [3.63, 3.8) is 0 Å². The Labute approximate surface area is 173 Å². The minimum atomic E-state index is -0.624. The third-order valence-corrected chi connectivity index (χ3v) is 6.09. The van der Waals surface area contributed by atoms with Crippen LogP contribution in [-0.4, -0.2) is 47.8 Å². The van der Waals surface area contributed by atoms with Gasteiger partial charge < -0.3 is 14.2 Å². The topological polar surface area (TPSA) is 70.8 Å². The summed E-state index contributed by atoms with van der Waals surface area (Å²) in [5, 5.41) is 0.718. The molecule has 0 spiro atoms. The van der Waals surface area contributed by atoms with E-state index < -0.39 is 5.63 Å². The molecule has 30 heavy (non-hydrogen) atoms. The summed E-state index contributed by atoms with van der Waals surface area (Å²) in [4.78, 5) is 41.5. The first-order valence-corrected chi connectivity index (χ1v) is 10.3. The normalized spacial score (nSPS) is 20.9. The molecule has 6 heteroatoms. The minimum Gasteiger partial charge on any atom is -0.422 e. The maximum atomic E-state index is 12.9. The predicted octanol–water partition coefficient (Wildman–Crippen LogP) is 2.88. The maximum absolute atomic E-state index is 12.9. The fourth-order valence-corrected chi connectivity index (χ4v) is 4.28. The number of hydrogen-bond acceptors (Lipinski definition) is 4. The lowest BCUT2D eigenvalue weighted by molar-refractivity contribution is -0.134. The van der Waals surface area contributed by atoms with Crippen LogP contribution < -0.4 is 5.63 Å². The number of rotatable bonds is 3. The van der Waals surface area contributed by atoms with Crippen molar-refractivity contribution in [2.75, 3.05) is 26.2 Å². The van der Waals surface area contributed by atoms with E-state index in [0.717, 1.165) is 11.8 Å². The molecule has 2 aromatic carbocycles. The van der Waals surface area contributed by atoms with Gasteiger partial charge in [0.25, 0.3) is 5.91 Å². The summed E-state index contributed by atoms with van der Waals surface area (Å²) in [6.07, 6.45) is 0.889. The van der Waals surface area contributed by atoms with Gasteiger partial charge in [0, 0.05) is 37.5 Å². The van der Waals surface area contributed by atoms with Gasteiger partial charge >= 0.3 is 5.63 Å². The SMILES string of the molecule is O=C(c1cc2ccccc2oc1=O)N1CCN(C(=O)[C@H]2C[C@@H]2c2ccccc2)CC1. The zero-order valence-electron chi connectivity index (χ0n) is 16.5. The molecule has 1 aliphatic heterocycles. The van der Waals surface area contributed by atoms with Crippen LogP contribution in [0.2, 0.25) is 0 Å². The van der Waals surface area contributed by atoms with Crippen LogP contribution in [0.15, 0.2) is 69.9 Å². The first-order chi connectivity index (χ1) is 14.6. The molecule has 1 aliphatic carbocycles. The van der Waals surface area contributed by atoms with Crippen LogP contribution in [0.5, 0.6) is 0 Å². The fraction of sp³-hybridized carbons (Fsp3) is 0.292. The highest BCUT2D eigenvalue weighted by molar-refractivity contribution is 5.96. The quantitative estimate of drug-likeness (QED) is 0.632. The molecule has 6 nitrogen and oxygen atoms in total. The Bertz CT molecular complexity index is 1160. The zero-order valence-corrected chi connectivity index (χ0v) is 16.5. The highest BCUT2D eigenvalue weighted by Crippen LogP contribution is 2.48. The van der Waals surface area contributed by atoms with E-state index >= 15 is 0 Å². The second kappa shape index (κ2) is 7.44. The van der Waals surface area contributed by atoms with E-state index in [2.05, 4.69) is 12.1 Å². The summed E-state index contributed by atoms with van der Waals surface area (Å²) in [5.74, 6) is 0.180.